The highest BCUT2D eigenvalue weighted by atomic mass is 35.5. The molecule has 0 spiro atoms. The molecule has 2 aromatic carbocycles. The van der Waals surface area contributed by atoms with Crippen molar-refractivity contribution in [2.75, 3.05) is 20.2 Å². The summed E-state index contributed by atoms with van der Waals surface area (Å²) in [6.07, 6.45) is 3.27. The van der Waals surface area contributed by atoms with Crippen LogP contribution in [0.1, 0.15) is 36.5 Å². The molecular weight excluding hydrogens is 473 g/mol. The minimum Gasteiger partial charge on any atom is -0.465 e. The Morgan fingerprint density at radius 2 is 1.91 bits per heavy atom. The summed E-state index contributed by atoms with van der Waals surface area (Å²) in [4.78, 5) is 28.4. The Labute approximate surface area is 201 Å². The molecule has 0 saturated carbocycles. The first kappa shape index (κ1) is 23.2. The van der Waals surface area contributed by atoms with E-state index < -0.39 is 5.97 Å². The average molecular weight is 497 g/mol. The molecule has 0 aliphatic carbocycles. The number of hydrogen-bond donors (Lipinski definition) is 0. The largest absolute Gasteiger partial charge is 0.465 e. The Bertz CT molecular complexity index is 1230. The zero-order valence-electron chi connectivity index (χ0n) is 17.9. The van der Waals surface area contributed by atoms with Gasteiger partial charge in [-0.1, -0.05) is 48.1 Å². The molecule has 0 N–H and O–H groups in total. The van der Waals surface area contributed by atoms with Crippen LogP contribution in [-0.2, 0) is 11.3 Å². The van der Waals surface area contributed by atoms with E-state index in [1.165, 1.54) is 17.7 Å². The summed E-state index contributed by atoms with van der Waals surface area (Å²) in [6.45, 7) is 4.54. The van der Waals surface area contributed by atoms with Crippen LogP contribution in [0.25, 0.3) is 16.7 Å². The number of halogens is 3. The fraction of sp³-hybridized carbons (Fsp3) is 0.391. The number of likely N-dealkylation sites (tertiary alicyclic amines) is 1. The first-order valence-corrected chi connectivity index (χ1v) is 11.7. The van der Waals surface area contributed by atoms with Gasteiger partial charge in [0.05, 0.1) is 39.4 Å². The Kier molecular flexibility index (Phi) is 6.86. The molecule has 0 amide bonds. The molecule has 0 radical (unpaired) electrons. The molecular formula is C23H24Cl3N3O3. The van der Waals surface area contributed by atoms with E-state index in [1.807, 2.05) is 0 Å². The molecule has 1 atom stereocenters. The predicted molar refractivity (Wildman–Crippen MR) is 129 cm³/mol. The van der Waals surface area contributed by atoms with E-state index in [2.05, 4.69) is 11.8 Å². The molecule has 6 nitrogen and oxygen atoms in total. The number of ether oxygens (including phenoxy) is 1. The number of esters is 1. The first-order valence-electron chi connectivity index (χ1n) is 10.6. The Morgan fingerprint density at radius 3 is 2.59 bits per heavy atom. The topological polar surface area (TPSA) is 56.5 Å². The number of carbonyl (C=O) groups excluding carboxylic acids is 1. The molecule has 1 aliphatic heterocycles. The fourth-order valence-corrected chi connectivity index (χ4v) is 5.32. The van der Waals surface area contributed by atoms with Crippen LogP contribution in [0.3, 0.4) is 0 Å². The Hall–Kier alpha value is -1.99. The highest BCUT2D eigenvalue weighted by Crippen LogP contribution is 2.32. The predicted octanol–water partition coefficient (Wildman–Crippen LogP) is 5.41. The Balaban J connectivity index is 1.97. The van der Waals surface area contributed by atoms with E-state index in [0.29, 0.717) is 33.3 Å². The summed E-state index contributed by atoms with van der Waals surface area (Å²) in [7, 11) is 1.31. The number of likely N-dealkylation sites (N-methyl/N-ethyl adjacent to an activating group) is 1. The summed E-state index contributed by atoms with van der Waals surface area (Å²) in [5.74, 6) is -0.516. The van der Waals surface area contributed by atoms with Crippen LogP contribution in [0.2, 0.25) is 15.1 Å². The highest BCUT2D eigenvalue weighted by Gasteiger charge is 2.26. The molecule has 9 heteroatoms. The highest BCUT2D eigenvalue weighted by molar-refractivity contribution is 6.37. The van der Waals surface area contributed by atoms with Crippen molar-refractivity contribution in [2.45, 2.75) is 38.8 Å². The van der Waals surface area contributed by atoms with Crippen LogP contribution in [0.15, 0.2) is 35.1 Å². The van der Waals surface area contributed by atoms with Crippen LogP contribution >= 0.6 is 34.8 Å². The monoisotopic (exact) mass is 495 g/mol. The van der Waals surface area contributed by atoms with Crippen molar-refractivity contribution in [1.29, 1.82) is 0 Å². The zero-order chi connectivity index (χ0) is 23.0. The van der Waals surface area contributed by atoms with Gasteiger partial charge in [0, 0.05) is 17.6 Å². The lowest BCUT2D eigenvalue weighted by Gasteiger charge is -2.35. The molecule has 3 aromatic rings. The maximum absolute atomic E-state index is 13.7. The number of fused-ring (bicyclic) bond motifs is 1. The second-order valence-corrected chi connectivity index (χ2v) is 9.17. The number of carbonyl (C=O) groups is 1. The number of aromatic nitrogens is 2. The molecule has 1 aliphatic rings. The number of nitrogens with zero attached hydrogens (tertiary/aromatic N) is 3. The van der Waals surface area contributed by atoms with E-state index in [9.17, 15) is 9.59 Å². The van der Waals surface area contributed by atoms with Gasteiger partial charge in [0.1, 0.15) is 0 Å². The maximum Gasteiger partial charge on any atom is 0.337 e. The molecule has 0 bridgehead atoms. The number of methoxy groups -OCH3 is 1. The van der Waals surface area contributed by atoms with Gasteiger partial charge in [-0.15, -0.1) is 0 Å². The van der Waals surface area contributed by atoms with E-state index >= 15 is 0 Å². The van der Waals surface area contributed by atoms with Crippen molar-refractivity contribution < 1.29 is 9.53 Å². The van der Waals surface area contributed by atoms with Gasteiger partial charge in [0.15, 0.2) is 0 Å². The standard InChI is InChI=1S/C23H24Cl3N3O3/c1-3-27-9-5-4-6-16(27)13-28-20-11-14(22(30)32-2)10-18(26)21(20)29(23(28)31)19-8-7-15(24)12-17(19)25/h7-8,10-12,16H,3-6,9,13H2,1-2H3. The van der Waals surface area contributed by atoms with E-state index in [1.54, 1.807) is 28.8 Å². The van der Waals surface area contributed by atoms with Crippen molar-refractivity contribution in [1.82, 2.24) is 14.0 Å². The lowest BCUT2D eigenvalue weighted by Crippen LogP contribution is -2.43. The number of benzene rings is 2. The Morgan fingerprint density at radius 1 is 1.12 bits per heavy atom. The lowest BCUT2D eigenvalue weighted by molar-refractivity contribution is 0.0601. The van der Waals surface area contributed by atoms with Gasteiger partial charge in [0.25, 0.3) is 0 Å². The van der Waals surface area contributed by atoms with Crippen molar-refractivity contribution in [3.63, 3.8) is 0 Å². The van der Waals surface area contributed by atoms with Crippen LogP contribution in [0, 0.1) is 0 Å². The van der Waals surface area contributed by atoms with E-state index in [0.717, 1.165) is 32.4 Å². The molecule has 32 heavy (non-hydrogen) atoms. The van der Waals surface area contributed by atoms with Gasteiger partial charge < -0.3 is 4.74 Å². The van der Waals surface area contributed by atoms with Crippen molar-refractivity contribution >= 4 is 51.8 Å². The average Bonchev–Trinajstić information content (AvgIpc) is 3.05. The van der Waals surface area contributed by atoms with Crippen LogP contribution < -0.4 is 5.69 Å². The van der Waals surface area contributed by atoms with Gasteiger partial charge in [0.2, 0.25) is 0 Å². The third-order valence-electron chi connectivity index (χ3n) is 6.10. The molecule has 170 valence electrons. The normalized spacial score (nSPS) is 17.1. The van der Waals surface area contributed by atoms with Gasteiger partial charge in [-0.05, 0) is 56.3 Å². The molecule has 2 heterocycles. The lowest BCUT2D eigenvalue weighted by atomic mass is 10.0. The van der Waals surface area contributed by atoms with Crippen molar-refractivity contribution in [2.24, 2.45) is 0 Å². The summed E-state index contributed by atoms with van der Waals surface area (Å²) in [6, 6.07) is 8.35. The third kappa shape index (κ3) is 4.17. The van der Waals surface area contributed by atoms with Gasteiger partial charge in [-0.3, -0.25) is 14.0 Å². The second kappa shape index (κ2) is 9.48. The smallest absolute Gasteiger partial charge is 0.337 e. The first-order chi connectivity index (χ1) is 15.3. The van der Waals surface area contributed by atoms with Crippen LogP contribution in [0.4, 0.5) is 0 Å². The molecule has 1 fully saturated rings. The number of rotatable bonds is 5. The third-order valence-corrected chi connectivity index (χ3v) is 6.93. The summed E-state index contributed by atoms with van der Waals surface area (Å²) < 4.78 is 8.07. The van der Waals surface area contributed by atoms with Gasteiger partial charge in [-0.2, -0.15) is 0 Å². The quantitative estimate of drug-likeness (QED) is 0.443. The van der Waals surface area contributed by atoms with Gasteiger partial charge >= 0.3 is 11.7 Å². The minimum atomic E-state index is -0.516. The van der Waals surface area contributed by atoms with Crippen LogP contribution in [-0.4, -0.2) is 46.2 Å². The maximum atomic E-state index is 13.7. The van der Waals surface area contributed by atoms with E-state index in [4.69, 9.17) is 39.5 Å². The number of piperidine rings is 1. The zero-order valence-corrected chi connectivity index (χ0v) is 20.2. The summed E-state index contributed by atoms with van der Waals surface area (Å²) in [5, 5.41) is 1.07. The van der Waals surface area contributed by atoms with E-state index in [-0.39, 0.29) is 22.3 Å². The van der Waals surface area contributed by atoms with Gasteiger partial charge in [-0.25, -0.2) is 9.59 Å². The molecule has 1 aromatic heterocycles. The number of hydrogen-bond acceptors (Lipinski definition) is 4. The number of imidazole rings is 1. The minimum absolute atomic E-state index is 0.215. The molecule has 1 saturated heterocycles. The second-order valence-electron chi connectivity index (χ2n) is 7.92. The van der Waals surface area contributed by atoms with Crippen LogP contribution in [0.5, 0.6) is 0 Å². The molecule has 1 unspecified atom stereocenters. The van der Waals surface area contributed by atoms with Crippen molar-refractivity contribution in [3.8, 4) is 5.69 Å². The molecule has 4 rings (SSSR count). The van der Waals surface area contributed by atoms with Crippen molar-refractivity contribution in [3.05, 3.63) is 61.4 Å². The summed E-state index contributed by atoms with van der Waals surface area (Å²) >= 11 is 19.2. The summed E-state index contributed by atoms with van der Waals surface area (Å²) in [5.41, 5.74) is 1.56. The fourth-order valence-electron chi connectivity index (χ4n) is 4.52. The SMILES string of the molecule is CCN1CCCCC1Cn1c(=O)n(-c2ccc(Cl)cc2Cl)c2c(Cl)cc(C(=O)OC)cc21.